The van der Waals surface area contributed by atoms with Crippen LogP contribution >= 0.6 is 0 Å². The Bertz CT molecular complexity index is 1340. The van der Waals surface area contributed by atoms with E-state index in [0.29, 0.717) is 55.7 Å². The van der Waals surface area contributed by atoms with Crippen LogP contribution in [0.2, 0.25) is 0 Å². The van der Waals surface area contributed by atoms with Gasteiger partial charge in [0, 0.05) is 44.1 Å². The molecule has 0 aliphatic carbocycles. The zero-order chi connectivity index (χ0) is 22.8. The number of aromatic amines is 1. The van der Waals surface area contributed by atoms with Crippen molar-refractivity contribution in [2.75, 3.05) is 36.4 Å². The second-order valence-corrected chi connectivity index (χ2v) is 8.02. The molecule has 0 radical (unpaired) electrons. The fourth-order valence-electron chi connectivity index (χ4n) is 3.95. The van der Waals surface area contributed by atoms with Crippen LogP contribution in [0.5, 0.6) is 0 Å². The van der Waals surface area contributed by atoms with Crippen LogP contribution in [0, 0.1) is 18.3 Å². The second kappa shape index (κ2) is 8.63. The van der Waals surface area contributed by atoms with Gasteiger partial charge in [-0.25, -0.2) is 4.52 Å². The van der Waals surface area contributed by atoms with Crippen LogP contribution in [0.4, 0.5) is 17.6 Å². The second-order valence-electron chi connectivity index (χ2n) is 8.02. The molecule has 1 aliphatic heterocycles. The summed E-state index contributed by atoms with van der Waals surface area (Å²) in [5, 5.41) is 24.1. The molecule has 4 heterocycles. The average molecular weight is 441 g/mol. The number of nitrogens with zero attached hydrogens (tertiary/aromatic N) is 7. The molecule has 1 aromatic carbocycles. The van der Waals surface area contributed by atoms with Gasteiger partial charge in [-0.05, 0) is 36.8 Å². The van der Waals surface area contributed by atoms with Crippen LogP contribution in [-0.2, 0) is 11.2 Å². The van der Waals surface area contributed by atoms with Gasteiger partial charge in [0.05, 0.1) is 18.1 Å². The van der Waals surface area contributed by atoms with Gasteiger partial charge in [0.15, 0.2) is 11.6 Å². The highest BCUT2D eigenvalue weighted by Crippen LogP contribution is 2.22. The quantitative estimate of drug-likeness (QED) is 0.488. The van der Waals surface area contributed by atoms with Crippen LogP contribution in [-0.4, -0.2) is 61.8 Å². The summed E-state index contributed by atoms with van der Waals surface area (Å²) in [7, 11) is 0. The third kappa shape index (κ3) is 4.34. The van der Waals surface area contributed by atoms with Gasteiger partial charge < -0.3 is 15.1 Å². The van der Waals surface area contributed by atoms with E-state index in [-0.39, 0.29) is 5.91 Å². The Morgan fingerprint density at radius 3 is 2.79 bits per heavy atom. The van der Waals surface area contributed by atoms with Crippen molar-refractivity contribution in [3.05, 3.63) is 65.5 Å². The van der Waals surface area contributed by atoms with Crippen molar-refractivity contribution in [2.45, 2.75) is 13.3 Å². The molecule has 0 saturated carbocycles. The molecular weight excluding hydrogens is 418 g/mol. The molecule has 5 rings (SSSR count). The number of rotatable bonds is 5. The zero-order valence-electron chi connectivity index (χ0n) is 18.2. The molecule has 0 spiro atoms. The Kier molecular flexibility index (Phi) is 5.36. The normalized spacial score (nSPS) is 13.8. The Hall–Kier alpha value is -4.39. The number of H-pyrrole nitrogens is 1. The number of fused-ring (bicyclic) bond motifs is 1. The van der Waals surface area contributed by atoms with E-state index >= 15 is 0 Å². The zero-order valence-corrected chi connectivity index (χ0v) is 18.2. The summed E-state index contributed by atoms with van der Waals surface area (Å²) in [6.45, 7) is 4.39. The monoisotopic (exact) mass is 441 g/mol. The highest BCUT2D eigenvalue weighted by molar-refractivity contribution is 5.79. The first-order chi connectivity index (χ1) is 16.1. The summed E-state index contributed by atoms with van der Waals surface area (Å²) < 4.78 is 1.80. The van der Waals surface area contributed by atoms with Crippen LogP contribution in [0.15, 0.2) is 48.7 Å². The van der Waals surface area contributed by atoms with Crippen LogP contribution < -0.4 is 10.2 Å². The predicted octanol–water partition coefficient (Wildman–Crippen LogP) is 2.27. The van der Waals surface area contributed by atoms with E-state index in [0.717, 1.165) is 16.8 Å². The third-order valence-corrected chi connectivity index (χ3v) is 5.66. The van der Waals surface area contributed by atoms with Gasteiger partial charge in [-0.1, -0.05) is 12.1 Å². The SMILES string of the molecule is Cc1cc(Nc2nc(N3CCN(C(=O)Cc4cccc(C#N)c4)CC3)nn3cccc23)n[nH]1. The van der Waals surface area contributed by atoms with Gasteiger partial charge in [0.25, 0.3) is 0 Å². The molecule has 0 atom stereocenters. The van der Waals surface area contributed by atoms with E-state index in [1.807, 2.05) is 48.4 Å². The number of nitriles is 1. The number of aromatic nitrogens is 5. The highest BCUT2D eigenvalue weighted by atomic mass is 16.2. The minimum atomic E-state index is 0.0581. The van der Waals surface area contributed by atoms with Crippen LogP contribution in [0.1, 0.15) is 16.8 Å². The lowest BCUT2D eigenvalue weighted by molar-refractivity contribution is -0.130. The largest absolute Gasteiger partial charge is 0.339 e. The molecule has 166 valence electrons. The Labute approximate surface area is 190 Å². The van der Waals surface area contributed by atoms with E-state index in [9.17, 15) is 4.79 Å². The first-order valence-corrected chi connectivity index (χ1v) is 10.8. The number of hydrogen-bond acceptors (Lipinski definition) is 7. The average Bonchev–Trinajstić information content (AvgIpc) is 3.48. The lowest BCUT2D eigenvalue weighted by Gasteiger charge is -2.34. The molecule has 0 bridgehead atoms. The molecule has 3 aromatic heterocycles. The molecule has 1 amide bonds. The number of aryl methyl sites for hydroxylation is 1. The molecule has 1 saturated heterocycles. The van der Waals surface area contributed by atoms with Crippen LogP contribution in [0.25, 0.3) is 5.52 Å². The van der Waals surface area contributed by atoms with Gasteiger partial charge in [-0.3, -0.25) is 9.89 Å². The van der Waals surface area contributed by atoms with E-state index in [1.54, 1.807) is 16.6 Å². The lowest BCUT2D eigenvalue weighted by atomic mass is 10.1. The Balaban J connectivity index is 1.28. The van der Waals surface area contributed by atoms with Crippen molar-refractivity contribution in [3.8, 4) is 6.07 Å². The maximum atomic E-state index is 12.8. The van der Waals surface area contributed by atoms with Gasteiger partial charge in [-0.2, -0.15) is 15.3 Å². The molecule has 0 unspecified atom stereocenters. The van der Waals surface area contributed by atoms with E-state index in [2.05, 4.69) is 31.6 Å². The van der Waals surface area contributed by atoms with E-state index in [4.69, 9.17) is 10.2 Å². The smallest absolute Gasteiger partial charge is 0.245 e. The van der Waals surface area contributed by atoms with Crippen molar-refractivity contribution in [3.63, 3.8) is 0 Å². The summed E-state index contributed by atoms with van der Waals surface area (Å²) in [5.74, 6) is 2.02. The number of hydrogen-bond donors (Lipinski definition) is 2. The topological polar surface area (TPSA) is 118 Å². The number of anilines is 3. The number of benzene rings is 1. The molecule has 33 heavy (non-hydrogen) atoms. The van der Waals surface area contributed by atoms with Crippen molar-refractivity contribution < 1.29 is 4.79 Å². The van der Waals surface area contributed by atoms with Crippen LogP contribution in [0.3, 0.4) is 0 Å². The number of carbonyl (C=O) groups excluding carboxylic acids is 1. The summed E-state index contributed by atoms with van der Waals surface area (Å²) in [6.07, 6.45) is 2.18. The molecule has 2 N–H and O–H groups in total. The Morgan fingerprint density at radius 2 is 2.03 bits per heavy atom. The van der Waals surface area contributed by atoms with E-state index in [1.165, 1.54) is 0 Å². The summed E-state index contributed by atoms with van der Waals surface area (Å²) in [4.78, 5) is 21.5. The Morgan fingerprint density at radius 1 is 1.18 bits per heavy atom. The van der Waals surface area contributed by atoms with Crippen molar-refractivity contribution in [1.29, 1.82) is 5.26 Å². The van der Waals surface area contributed by atoms with Gasteiger partial charge in [0.1, 0.15) is 5.52 Å². The van der Waals surface area contributed by atoms with E-state index < -0.39 is 0 Å². The number of piperazine rings is 1. The molecule has 10 heteroatoms. The van der Waals surface area contributed by atoms with Crippen molar-refractivity contribution >= 4 is 29.0 Å². The van der Waals surface area contributed by atoms with Crippen molar-refractivity contribution in [2.24, 2.45) is 0 Å². The lowest BCUT2D eigenvalue weighted by Crippen LogP contribution is -2.49. The van der Waals surface area contributed by atoms with Gasteiger partial charge in [-0.15, -0.1) is 5.10 Å². The number of nitrogens with one attached hydrogen (secondary N) is 2. The summed E-state index contributed by atoms with van der Waals surface area (Å²) in [5.41, 5.74) is 3.23. The standard InChI is InChI=1S/C23H23N9O/c1-16-12-20(28-27-16)25-22-19-6-3-7-32(19)29-23(26-22)31-10-8-30(9-11-31)21(33)14-17-4-2-5-18(13-17)15-24/h2-7,12-13H,8-11,14H2,1H3,(H2,25,26,27,28,29). The summed E-state index contributed by atoms with van der Waals surface area (Å²) >= 11 is 0. The maximum Gasteiger partial charge on any atom is 0.245 e. The molecule has 4 aromatic rings. The first kappa shape index (κ1) is 20.5. The fraction of sp³-hybridized carbons (Fsp3) is 0.261. The third-order valence-electron chi connectivity index (χ3n) is 5.66. The van der Waals surface area contributed by atoms with Crippen molar-refractivity contribution in [1.82, 2.24) is 29.7 Å². The minimum absolute atomic E-state index is 0.0581. The number of carbonyl (C=O) groups is 1. The first-order valence-electron chi connectivity index (χ1n) is 10.8. The fourth-order valence-corrected chi connectivity index (χ4v) is 3.95. The maximum absolute atomic E-state index is 12.8. The molecule has 10 nitrogen and oxygen atoms in total. The molecule has 1 fully saturated rings. The molecular formula is C23H23N9O. The number of amides is 1. The molecule has 1 aliphatic rings. The predicted molar refractivity (Wildman–Crippen MR) is 123 cm³/mol. The van der Waals surface area contributed by atoms with Gasteiger partial charge >= 0.3 is 0 Å². The highest BCUT2D eigenvalue weighted by Gasteiger charge is 2.24. The summed E-state index contributed by atoms with van der Waals surface area (Å²) in [6, 6.07) is 15.1. The minimum Gasteiger partial charge on any atom is -0.339 e. The van der Waals surface area contributed by atoms with Gasteiger partial charge in [0.2, 0.25) is 11.9 Å².